The van der Waals surface area contributed by atoms with Gasteiger partial charge in [0.05, 0.1) is 12.1 Å². The van der Waals surface area contributed by atoms with Crippen LogP contribution in [0.25, 0.3) is 10.9 Å². The van der Waals surface area contributed by atoms with E-state index in [0.717, 1.165) is 9.15 Å². The Balaban J connectivity index is 2.71. The Morgan fingerprint density at radius 2 is 2.54 bits per heavy atom. The van der Waals surface area contributed by atoms with Crippen molar-refractivity contribution in [1.29, 1.82) is 0 Å². The molecule has 3 nitrogen and oxygen atoms in total. The third kappa shape index (κ3) is 1.36. The number of nitrogens with zero attached hydrogens (tertiary/aromatic N) is 2. The first kappa shape index (κ1) is 5.78. The maximum Gasteiger partial charge on any atom is 0.0927 e. The fourth-order valence-corrected chi connectivity index (χ4v) is 1.76. The van der Waals surface area contributed by atoms with E-state index in [2.05, 4.69) is 21.0 Å². The Bertz CT molecular complexity index is 535. The van der Waals surface area contributed by atoms with E-state index in [-0.39, 0.29) is 6.61 Å². The van der Waals surface area contributed by atoms with Crippen LogP contribution in [0.3, 0.4) is 0 Å². The molecular formula is C9H9BrN2O. The summed E-state index contributed by atoms with van der Waals surface area (Å²) in [6.45, 7) is -2.46. The molecule has 0 saturated heterocycles. The highest BCUT2D eigenvalue weighted by atomic mass is 79.9. The molecular weight excluding hydrogens is 232 g/mol. The van der Waals surface area contributed by atoms with Gasteiger partial charge < -0.3 is 5.11 Å². The van der Waals surface area contributed by atoms with Crippen molar-refractivity contribution in [2.75, 3.05) is 0 Å². The molecule has 0 fully saturated rings. The van der Waals surface area contributed by atoms with Crippen molar-refractivity contribution in [2.45, 2.75) is 6.61 Å². The molecule has 0 aliphatic heterocycles. The van der Waals surface area contributed by atoms with Crippen LogP contribution in [0.15, 0.2) is 22.8 Å². The van der Waals surface area contributed by atoms with E-state index in [0.29, 0.717) is 16.5 Å². The lowest BCUT2D eigenvalue weighted by Crippen LogP contribution is -1.85. The Kier molecular flexibility index (Phi) is 1.39. The zero-order valence-corrected chi connectivity index (χ0v) is 8.24. The van der Waals surface area contributed by atoms with E-state index in [1.165, 1.54) is 6.20 Å². The van der Waals surface area contributed by atoms with Gasteiger partial charge in [-0.1, -0.05) is 15.9 Å². The van der Waals surface area contributed by atoms with E-state index in [9.17, 15) is 5.11 Å². The van der Waals surface area contributed by atoms with Gasteiger partial charge in [-0.05, 0) is 12.1 Å². The number of fused-ring (bicyclic) bond motifs is 1. The molecule has 68 valence electrons. The number of benzene rings is 1. The van der Waals surface area contributed by atoms with Crippen LogP contribution in [0.4, 0.5) is 0 Å². The Morgan fingerprint density at radius 3 is 3.23 bits per heavy atom. The van der Waals surface area contributed by atoms with E-state index in [4.69, 9.17) is 4.11 Å². The number of halogens is 1. The van der Waals surface area contributed by atoms with Crippen molar-refractivity contribution in [2.24, 2.45) is 6.98 Å². The number of hydrogen-bond donors (Lipinski definition) is 1. The summed E-state index contributed by atoms with van der Waals surface area (Å²) in [5.41, 5.74) is 1.20. The number of rotatable bonds is 1. The third-order valence-electron chi connectivity index (χ3n) is 1.90. The maximum atomic E-state index is 9.22. The minimum absolute atomic E-state index is 0.162. The molecule has 0 saturated carbocycles. The third-order valence-corrected chi connectivity index (χ3v) is 2.64. The van der Waals surface area contributed by atoms with Crippen molar-refractivity contribution in [3.8, 4) is 0 Å². The van der Waals surface area contributed by atoms with Crippen LogP contribution in [0.5, 0.6) is 0 Å². The van der Waals surface area contributed by atoms with Gasteiger partial charge in [0.2, 0.25) is 0 Å². The van der Waals surface area contributed by atoms with Crippen LogP contribution in [-0.4, -0.2) is 14.9 Å². The van der Waals surface area contributed by atoms with Crippen molar-refractivity contribution in [3.05, 3.63) is 28.4 Å². The van der Waals surface area contributed by atoms with Gasteiger partial charge >= 0.3 is 0 Å². The Morgan fingerprint density at radius 1 is 1.69 bits per heavy atom. The van der Waals surface area contributed by atoms with Crippen LogP contribution in [0.1, 0.15) is 9.68 Å². The molecule has 0 radical (unpaired) electrons. The monoisotopic (exact) mass is 243 g/mol. The lowest BCUT2D eigenvalue weighted by molar-refractivity contribution is 0.282. The first-order valence-corrected chi connectivity index (χ1v) is 4.51. The van der Waals surface area contributed by atoms with Gasteiger partial charge in [0, 0.05) is 32.7 Å². The van der Waals surface area contributed by atoms with Gasteiger partial charge in [-0.2, -0.15) is 5.10 Å². The number of aliphatic hydroxyl groups is 1. The molecule has 1 N–H and O–H groups in total. The molecule has 4 heteroatoms. The minimum Gasteiger partial charge on any atom is -0.392 e. The highest BCUT2D eigenvalue weighted by Crippen LogP contribution is 2.25. The van der Waals surface area contributed by atoms with Crippen LogP contribution in [0, 0.1) is 0 Å². The molecule has 1 aromatic heterocycles. The Labute approximate surface area is 88.3 Å². The second-order valence-corrected chi connectivity index (χ2v) is 3.54. The topological polar surface area (TPSA) is 38.0 Å². The average Bonchev–Trinajstić information content (AvgIpc) is 2.60. The van der Waals surface area contributed by atoms with Crippen LogP contribution in [0.2, 0.25) is 0 Å². The molecule has 0 atom stereocenters. The van der Waals surface area contributed by atoms with E-state index in [1.807, 2.05) is 0 Å². The SMILES string of the molecule is [2H]C([2H])([2H])n1cc2c(CO)c(Br)ccc2n1. The first-order chi connectivity index (χ1) is 7.43. The van der Waals surface area contributed by atoms with Crippen molar-refractivity contribution < 1.29 is 9.22 Å². The summed E-state index contributed by atoms with van der Waals surface area (Å²) in [7, 11) is 0. The summed E-state index contributed by atoms with van der Waals surface area (Å²) >= 11 is 3.30. The standard InChI is InChI=1S/C9H9BrN2O/c1-12-4-6-7(5-13)8(10)2-3-9(6)11-12/h2-4,13H,5H2,1H3/i1D3. The zero-order chi connectivity index (χ0) is 11.9. The minimum atomic E-state index is -2.29. The van der Waals surface area contributed by atoms with Gasteiger partial charge in [0.1, 0.15) is 0 Å². The molecule has 2 rings (SSSR count). The fourth-order valence-electron chi connectivity index (χ4n) is 1.28. The average molecular weight is 244 g/mol. The van der Waals surface area contributed by atoms with Crippen LogP contribution in [-0.2, 0) is 13.6 Å². The molecule has 0 aliphatic carbocycles. The maximum absolute atomic E-state index is 9.22. The predicted octanol–water partition coefficient (Wildman–Crippen LogP) is 1.83. The van der Waals surface area contributed by atoms with Crippen molar-refractivity contribution >= 4 is 26.8 Å². The number of aryl methyl sites for hydroxylation is 1. The quantitative estimate of drug-likeness (QED) is 0.830. The fraction of sp³-hybridized carbons (Fsp3) is 0.222. The van der Waals surface area contributed by atoms with Gasteiger partial charge in [0.15, 0.2) is 0 Å². The Hall–Kier alpha value is -0.870. The predicted molar refractivity (Wildman–Crippen MR) is 54.3 cm³/mol. The summed E-state index contributed by atoms with van der Waals surface area (Å²) in [6.07, 6.45) is 1.43. The molecule has 0 spiro atoms. The lowest BCUT2D eigenvalue weighted by atomic mass is 10.1. The molecule has 1 aromatic carbocycles. The normalized spacial score (nSPS) is 15.4. The summed E-state index contributed by atoms with van der Waals surface area (Å²) in [5.74, 6) is 0. The lowest BCUT2D eigenvalue weighted by Gasteiger charge is -2.00. The second kappa shape index (κ2) is 3.12. The van der Waals surface area contributed by atoms with E-state index >= 15 is 0 Å². The van der Waals surface area contributed by atoms with Gasteiger partial charge in [-0.25, -0.2) is 0 Å². The summed E-state index contributed by atoms with van der Waals surface area (Å²) < 4.78 is 23.4. The zero-order valence-electron chi connectivity index (χ0n) is 9.66. The van der Waals surface area contributed by atoms with E-state index < -0.39 is 6.98 Å². The molecule has 13 heavy (non-hydrogen) atoms. The molecule has 0 amide bonds. The molecule has 0 unspecified atom stereocenters. The summed E-state index contributed by atoms with van der Waals surface area (Å²) in [4.78, 5) is 0. The summed E-state index contributed by atoms with van der Waals surface area (Å²) in [5, 5.41) is 13.8. The largest absolute Gasteiger partial charge is 0.392 e. The van der Waals surface area contributed by atoms with Gasteiger partial charge in [0.25, 0.3) is 0 Å². The van der Waals surface area contributed by atoms with Crippen LogP contribution >= 0.6 is 15.9 Å². The van der Waals surface area contributed by atoms with Gasteiger partial charge in [-0.3, -0.25) is 4.68 Å². The van der Waals surface area contributed by atoms with Crippen molar-refractivity contribution in [1.82, 2.24) is 9.78 Å². The molecule has 1 heterocycles. The number of aliphatic hydroxyl groups excluding tert-OH is 1. The highest BCUT2D eigenvalue weighted by Gasteiger charge is 2.06. The smallest absolute Gasteiger partial charge is 0.0927 e. The first-order valence-electron chi connectivity index (χ1n) is 5.21. The second-order valence-electron chi connectivity index (χ2n) is 2.69. The molecule has 2 aromatic rings. The number of aromatic nitrogens is 2. The summed E-state index contributed by atoms with van der Waals surface area (Å²) in [6, 6.07) is 3.45. The van der Waals surface area contributed by atoms with Gasteiger partial charge in [-0.15, -0.1) is 0 Å². The highest BCUT2D eigenvalue weighted by molar-refractivity contribution is 9.10. The number of hydrogen-bond acceptors (Lipinski definition) is 2. The van der Waals surface area contributed by atoms with E-state index in [1.54, 1.807) is 12.1 Å². The molecule has 0 bridgehead atoms. The van der Waals surface area contributed by atoms with Crippen molar-refractivity contribution in [3.63, 3.8) is 0 Å². The molecule has 0 aliphatic rings. The van der Waals surface area contributed by atoms with Crippen LogP contribution < -0.4 is 0 Å².